The van der Waals surface area contributed by atoms with Gasteiger partial charge in [-0.2, -0.15) is 0 Å². The molecule has 36 valence electrons. The van der Waals surface area contributed by atoms with Crippen molar-refractivity contribution < 1.29 is 0 Å². The molecule has 0 nitrogen and oxygen atoms in total. The zero-order valence-corrected chi connectivity index (χ0v) is 5.92. The summed E-state index contributed by atoms with van der Waals surface area (Å²) in [5.74, 6) is 0. The normalized spacial score (nSPS) is 9.50. The van der Waals surface area contributed by atoms with Gasteiger partial charge in [0.05, 0.1) is 0 Å². The molecule has 0 bridgehead atoms. The minimum Gasteiger partial charge on any atom is -0.147 e. The highest BCUT2D eigenvalue weighted by Gasteiger charge is 1.99. The SMILES string of the molecule is CB(C)P(C)C. The van der Waals surface area contributed by atoms with Crippen molar-refractivity contribution in [2.75, 3.05) is 13.3 Å². The van der Waals surface area contributed by atoms with Gasteiger partial charge in [-0.25, -0.2) is 0 Å². The van der Waals surface area contributed by atoms with Crippen LogP contribution >= 0.6 is 7.80 Å². The minimum atomic E-state index is 0.341. The standard InChI is InChI=1S/C4H12BP/c1-5(2)6(3)4/h1-4H3. The van der Waals surface area contributed by atoms with Crippen LogP contribution in [0.25, 0.3) is 0 Å². The Morgan fingerprint density at radius 1 is 1.17 bits per heavy atom. The first kappa shape index (κ1) is 6.49. The molecule has 0 saturated heterocycles. The van der Waals surface area contributed by atoms with Crippen LogP contribution in [-0.4, -0.2) is 19.8 Å². The lowest BCUT2D eigenvalue weighted by Gasteiger charge is -2.02. The summed E-state index contributed by atoms with van der Waals surface area (Å²) in [5.41, 5.74) is 0. The van der Waals surface area contributed by atoms with Crippen molar-refractivity contribution in [2.45, 2.75) is 13.6 Å². The fourth-order valence-corrected chi connectivity index (χ4v) is 0. The van der Waals surface area contributed by atoms with Gasteiger partial charge in [-0.3, -0.25) is 0 Å². The predicted molar refractivity (Wildman–Crippen MR) is 36.2 cm³/mol. The molecular formula is C4H12BP. The topological polar surface area (TPSA) is 0 Å². The smallest absolute Gasteiger partial charge is 0.147 e. The number of hydrogen-bond donors (Lipinski definition) is 0. The third kappa shape index (κ3) is 2.72. The predicted octanol–water partition coefficient (Wildman–Crippen LogP) is 1.98. The summed E-state index contributed by atoms with van der Waals surface area (Å²) in [6.07, 6.45) is 0.917. The monoisotopic (exact) mass is 102 g/mol. The molecule has 0 N–H and O–H groups in total. The lowest BCUT2D eigenvalue weighted by molar-refractivity contribution is 2.06. The van der Waals surface area contributed by atoms with Gasteiger partial charge < -0.3 is 0 Å². The van der Waals surface area contributed by atoms with E-state index in [0.29, 0.717) is 7.80 Å². The maximum absolute atomic E-state index is 2.31. The van der Waals surface area contributed by atoms with Crippen molar-refractivity contribution in [3.05, 3.63) is 0 Å². The van der Waals surface area contributed by atoms with E-state index in [0.717, 1.165) is 6.43 Å². The highest BCUT2D eigenvalue weighted by Crippen LogP contribution is 2.27. The van der Waals surface area contributed by atoms with Crippen LogP contribution in [0.3, 0.4) is 0 Å². The molecule has 0 saturated carbocycles. The Labute approximate surface area is 42.1 Å². The molecule has 0 rings (SSSR count). The summed E-state index contributed by atoms with van der Waals surface area (Å²) in [6, 6.07) is 0. The summed E-state index contributed by atoms with van der Waals surface area (Å²) in [6.45, 7) is 9.15. The molecule has 0 fully saturated rings. The minimum absolute atomic E-state index is 0.341. The maximum Gasteiger partial charge on any atom is 0.163 e. The van der Waals surface area contributed by atoms with Gasteiger partial charge in [-0.15, -0.1) is 7.80 Å². The van der Waals surface area contributed by atoms with Crippen molar-refractivity contribution in [1.29, 1.82) is 0 Å². The summed E-state index contributed by atoms with van der Waals surface area (Å²) in [7, 11) is 0.341. The quantitative estimate of drug-likeness (QED) is 0.350. The van der Waals surface area contributed by atoms with Gasteiger partial charge >= 0.3 is 0 Å². The highest BCUT2D eigenvalue weighted by molar-refractivity contribution is 7.88. The van der Waals surface area contributed by atoms with Crippen molar-refractivity contribution >= 4 is 14.2 Å². The van der Waals surface area contributed by atoms with Crippen LogP contribution in [0.1, 0.15) is 0 Å². The maximum atomic E-state index is 2.31. The molecular weight excluding hydrogens is 89.8 g/mol. The van der Waals surface area contributed by atoms with Gasteiger partial charge in [0.25, 0.3) is 0 Å². The second kappa shape index (κ2) is 2.63. The van der Waals surface area contributed by atoms with Gasteiger partial charge in [0.1, 0.15) is 0 Å². The Hall–Kier alpha value is 0.495. The number of rotatable bonds is 1. The third-order valence-electron chi connectivity index (χ3n) is 1.03. The van der Waals surface area contributed by atoms with E-state index in [4.69, 9.17) is 0 Å². The average molecular weight is 102 g/mol. The molecule has 2 heteroatoms. The van der Waals surface area contributed by atoms with E-state index in [1.165, 1.54) is 0 Å². The van der Waals surface area contributed by atoms with E-state index in [2.05, 4.69) is 27.0 Å². The van der Waals surface area contributed by atoms with Crippen molar-refractivity contribution in [1.82, 2.24) is 0 Å². The van der Waals surface area contributed by atoms with E-state index in [1.807, 2.05) is 0 Å². The molecule has 0 aliphatic heterocycles. The second-order valence-electron chi connectivity index (χ2n) is 2.06. The Balaban J connectivity index is 2.99. The van der Waals surface area contributed by atoms with Gasteiger partial charge in [-0.1, -0.05) is 27.0 Å². The van der Waals surface area contributed by atoms with Crippen molar-refractivity contribution in [2.24, 2.45) is 0 Å². The second-order valence-corrected chi connectivity index (χ2v) is 5.02. The molecule has 0 aromatic carbocycles. The zero-order valence-electron chi connectivity index (χ0n) is 5.02. The first-order chi connectivity index (χ1) is 2.64. The third-order valence-corrected chi connectivity index (χ3v) is 3.10. The highest BCUT2D eigenvalue weighted by atomic mass is 31.1. The molecule has 0 spiro atoms. The molecule has 6 heavy (non-hydrogen) atoms. The largest absolute Gasteiger partial charge is 0.163 e. The van der Waals surface area contributed by atoms with Gasteiger partial charge in [0.15, 0.2) is 6.43 Å². The summed E-state index contributed by atoms with van der Waals surface area (Å²) in [5, 5.41) is 0. The molecule has 0 radical (unpaired) electrons. The summed E-state index contributed by atoms with van der Waals surface area (Å²) >= 11 is 0. The van der Waals surface area contributed by atoms with Crippen LogP contribution in [0, 0.1) is 0 Å². The zero-order chi connectivity index (χ0) is 5.15. The Morgan fingerprint density at radius 3 is 1.33 bits per heavy atom. The van der Waals surface area contributed by atoms with E-state index >= 15 is 0 Å². The van der Waals surface area contributed by atoms with Gasteiger partial charge in [-0.05, 0) is 0 Å². The van der Waals surface area contributed by atoms with E-state index in [1.54, 1.807) is 0 Å². The van der Waals surface area contributed by atoms with Crippen molar-refractivity contribution in [3.8, 4) is 0 Å². The summed E-state index contributed by atoms with van der Waals surface area (Å²) in [4.78, 5) is 0. The number of hydrogen-bond acceptors (Lipinski definition) is 0. The van der Waals surface area contributed by atoms with Crippen LogP contribution < -0.4 is 0 Å². The Kier molecular flexibility index (Phi) is 2.85. The van der Waals surface area contributed by atoms with E-state index in [-0.39, 0.29) is 0 Å². The lowest BCUT2D eigenvalue weighted by Crippen LogP contribution is -1.93. The first-order valence-electron chi connectivity index (χ1n) is 2.31. The van der Waals surface area contributed by atoms with Crippen LogP contribution in [0.4, 0.5) is 0 Å². The van der Waals surface area contributed by atoms with Crippen LogP contribution in [0.5, 0.6) is 0 Å². The molecule has 0 aromatic heterocycles. The average Bonchev–Trinajstić information content (AvgIpc) is 1.36. The molecule has 0 atom stereocenters. The molecule has 0 amide bonds. The lowest BCUT2D eigenvalue weighted by atomic mass is 9.84. The fourth-order valence-electron chi connectivity index (χ4n) is 0. The van der Waals surface area contributed by atoms with E-state index < -0.39 is 0 Å². The van der Waals surface area contributed by atoms with Crippen LogP contribution in [0.2, 0.25) is 13.6 Å². The Bertz CT molecular complexity index is 28.5. The first-order valence-corrected chi connectivity index (χ1v) is 4.61. The van der Waals surface area contributed by atoms with Gasteiger partial charge in [0, 0.05) is 0 Å². The molecule has 0 aromatic rings. The van der Waals surface area contributed by atoms with Gasteiger partial charge in [0.2, 0.25) is 0 Å². The molecule has 0 unspecified atom stereocenters. The summed E-state index contributed by atoms with van der Waals surface area (Å²) < 4.78 is 0. The van der Waals surface area contributed by atoms with Crippen LogP contribution in [0.15, 0.2) is 0 Å². The van der Waals surface area contributed by atoms with Crippen molar-refractivity contribution in [3.63, 3.8) is 0 Å². The molecule has 0 aliphatic rings. The Morgan fingerprint density at radius 2 is 1.33 bits per heavy atom. The molecule has 0 heterocycles. The molecule has 0 aliphatic carbocycles. The fraction of sp³-hybridized carbons (Fsp3) is 1.00. The van der Waals surface area contributed by atoms with Crippen LogP contribution in [-0.2, 0) is 0 Å². The van der Waals surface area contributed by atoms with E-state index in [9.17, 15) is 0 Å².